The maximum absolute atomic E-state index is 12.9. The zero-order valence-corrected chi connectivity index (χ0v) is 40.5. The van der Waals surface area contributed by atoms with E-state index in [4.69, 9.17) is 45.0 Å². The van der Waals surface area contributed by atoms with Crippen molar-refractivity contribution in [3.63, 3.8) is 0 Å². The molecule has 0 spiro atoms. The van der Waals surface area contributed by atoms with Crippen LogP contribution < -0.4 is 22.1 Å². The molecule has 1 fully saturated rings. The molecule has 3 heterocycles. The molecule has 4 rings (SSSR count). The first-order valence-electron chi connectivity index (χ1n) is 23.5. The van der Waals surface area contributed by atoms with Crippen LogP contribution in [-0.4, -0.2) is 194 Å². The number of piperazine rings is 1. The van der Waals surface area contributed by atoms with Gasteiger partial charge in [-0.2, -0.15) is 4.98 Å². The van der Waals surface area contributed by atoms with Crippen LogP contribution in [0.5, 0.6) is 0 Å². The fraction of sp³-hybridized carbons (Fsp3) is 0.652. The minimum Gasteiger partial charge on any atom is -0.480 e. The Morgan fingerprint density at radius 2 is 1.40 bits per heavy atom. The molecule has 0 radical (unpaired) electrons. The third kappa shape index (κ3) is 21.3. The van der Waals surface area contributed by atoms with E-state index in [1.807, 2.05) is 11.0 Å². The minimum absolute atomic E-state index is 0.107. The van der Waals surface area contributed by atoms with Gasteiger partial charge in [0.2, 0.25) is 17.8 Å². The Kier molecular flexibility index (Phi) is 26.5. The lowest BCUT2D eigenvalue weighted by atomic mass is 10.0. The lowest BCUT2D eigenvalue weighted by Gasteiger charge is -2.35. The summed E-state index contributed by atoms with van der Waals surface area (Å²) < 4.78 is 35.2. The number of rotatable bonds is 37. The second-order valence-electron chi connectivity index (χ2n) is 16.2. The number of fused-ring (bicyclic) bond motifs is 1. The highest BCUT2D eigenvalue weighted by molar-refractivity contribution is 8.00. The summed E-state index contributed by atoms with van der Waals surface area (Å²) in [4.78, 5) is 60.3. The third-order valence-electron chi connectivity index (χ3n) is 10.9. The van der Waals surface area contributed by atoms with Gasteiger partial charge < -0.3 is 70.2 Å². The molecule has 2 atom stereocenters. The lowest BCUT2D eigenvalue weighted by Crippen LogP contribution is -2.48. The maximum Gasteiger partial charge on any atom is 0.321 e. The van der Waals surface area contributed by atoms with E-state index in [-0.39, 0.29) is 37.2 Å². The van der Waals surface area contributed by atoms with Gasteiger partial charge in [-0.1, -0.05) is 38.0 Å². The van der Waals surface area contributed by atoms with Crippen molar-refractivity contribution < 1.29 is 57.8 Å². The van der Waals surface area contributed by atoms with E-state index in [0.29, 0.717) is 98.7 Å². The molecule has 0 saturated carbocycles. The number of anilines is 2. The van der Waals surface area contributed by atoms with Gasteiger partial charge in [-0.25, -0.2) is 4.98 Å². The number of nitrogen functional groups attached to an aromatic ring is 1. The second-order valence-corrected chi connectivity index (χ2v) is 17.5. The first-order valence-corrected chi connectivity index (χ1v) is 24.5. The molecular formula is C46H73N9O12S. The number of carbonyl (C=O) groups is 4. The molecule has 2 aromatic heterocycles. The molecule has 0 bridgehead atoms. The largest absolute Gasteiger partial charge is 0.480 e. The van der Waals surface area contributed by atoms with Crippen molar-refractivity contribution in [2.75, 3.05) is 135 Å². The number of thioether (sulfide) groups is 1. The Labute approximate surface area is 403 Å². The monoisotopic (exact) mass is 976 g/mol. The van der Waals surface area contributed by atoms with E-state index in [9.17, 15) is 24.3 Å². The van der Waals surface area contributed by atoms with Crippen molar-refractivity contribution in [3.8, 4) is 0 Å². The first-order chi connectivity index (χ1) is 32.9. The number of benzene rings is 1. The Hall–Kier alpha value is -4.65. The van der Waals surface area contributed by atoms with Crippen molar-refractivity contribution in [2.24, 2.45) is 5.73 Å². The highest BCUT2D eigenvalue weighted by Gasteiger charge is 2.25. The molecule has 1 saturated heterocycles. The zero-order valence-electron chi connectivity index (χ0n) is 39.7. The van der Waals surface area contributed by atoms with Crippen molar-refractivity contribution in [2.45, 2.75) is 70.3 Å². The number of carbonyl (C=O) groups excluding carboxylic acids is 2. The Bertz CT molecular complexity index is 1970. The standard InChI is InChI=1S/C46H73N9O12S/c1-3-4-5-10-50-43-42-38(51-46(48)52-43)8-12-55(42)32-36-7-6-35(29-34(36)2)31-53-13-15-54(16-14-53)41(57)9-17-62-19-21-64-23-25-66-27-28-67-26-24-65-22-20-63-18-11-49-40(56)30-39(45(60)61)68-33-37(47)44(58)59/h6-8,12,29,37,39H,3-5,9-11,13-28,30-33,47H2,1-2H3,(H,49,56)(H,58,59)(H,60,61)(H3,48,50,51,52)/t37-,39?/m0/s1. The van der Waals surface area contributed by atoms with Gasteiger partial charge in [0.1, 0.15) is 16.8 Å². The third-order valence-corrected chi connectivity index (χ3v) is 12.2. The Balaban J connectivity index is 0.928. The summed E-state index contributed by atoms with van der Waals surface area (Å²) in [5.41, 5.74) is 16.9. The summed E-state index contributed by atoms with van der Waals surface area (Å²) in [6.45, 7) is 14.4. The number of aryl methyl sites for hydroxylation is 1. The van der Waals surface area contributed by atoms with Gasteiger partial charge in [0, 0.05) is 70.7 Å². The van der Waals surface area contributed by atoms with Crippen molar-refractivity contribution in [1.29, 1.82) is 0 Å². The van der Waals surface area contributed by atoms with Gasteiger partial charge in [-0.3, -0.25) is 24.1 Å². The first kappa shape index (κ1) is 55.9. The molecule has 1 aliphatic heterocycles. The summed E-state index contributed by atoms with van der Waals surface area (Å²) in [6.07, 6.45) is 5.47. The minimum atomic E-state index is -1.24. The lowest BCUT2D eigenvalue weighted by molar-refractivity contribution is -0.139. The van der Waals surface area contributed by atoms with E-state index in [2.05, 4.69) is 68.3 Å². The predicted molar refractivity (Wildman–Crippen MR) is 259 cm³/mol. The predicted octanol–water partition coefficient (Wildman–Crippen LogP) is 2.21. The molecule has 380 valence electrons. The summed E-state index contributed by atoms with van der Waals surface area (Å²) in [5.74, 6) is -1.90. The number of unbranched alkanes of at least 4 members (excludes halogenated alkanes) is 2. The van der Waals surface area contributed by atoms with Gasteiger partial charge in [0.15, 0.2) is 5.82 Å². The fourth-order valence-electron chi connectivity index (χ4n) is 7.12. The number of carboxylic acids is 2. The molecule has 0 aliphatic carbocycles. The van der Waals surface area contributed by atoms with Crippen LogP contribution >= 0.6 is 11.8 Å². The van der Waals surface area contributed by atoms with Gasteiger partial charge >= 0.3 is 11.9 Å². The van der Waals surface area contributed by atoms with Crippen LogP contribution in [0.3, 0.4) is 0 Å². The average Bonchev–Trinajstić information content (AvgIpc) is 3.72. The maximum atomic E-state index is 12.9. The van der Waals surface area contributed by atoms with Crippen LogP contribution in [0.4, 0.5) is 11.8 Å². The average molecular weight is 976 g/mol. The van der Waals surface area contributed by atoms with Gasteiger partial charge in [0.25, 0.3) is 0 Å². The molecule has 2 amide bonds. The van der Waals surface area contributed by atoms with Crippen LogP contribution in [0.2, 0.25) is 0 Å². The molecule has 68 heavy (non-hydrogen) atoms. The number of hydrogen-bond donors (Lipinski definition) is 6. The molecule has 3 aromatic rings. The van der Waals surface area contributed by atoms with E-state index < -0.39 is 29.1 Å². The highest BCUT2D eigenvalue weighted by atomic mass is 32.2. The van der Waals surface area contributed by atoms with E-state index in [0.717, 1.165) is 74.1 Å². The SMILES string of the molecule is CCCCCNc1nc(N)nc2ccn(Cc3ccc(CN4CCN(C(=O)CCOCCOCCOCCOCCOCCOCCNC(=O)CC(SC[C@H](N)C(=O)O)C(=O)O)CC4)cc3C)c12. The molecule has 1 aliphatic rings. The number of amides is 2. The smallest absolute Gasteiger partial charge is 0.321 e. The van der Waals surface area contributed by atoms with E-state index >= 15 is 0 Å². The molecule has 21 nitrogen and oxygen atoms in total. The Morgan fingerprint density at radius 3 is 1.99 bits per heavy atom. The molecule has 1 unspecified atom stereocenters. The second kappa shape index (κ2) is 32.2. The normalized spacial score (nSPS) is 14.0. The molecular weight excluding hydrogens is 903 g/mol. The van der Waals surface area contributed by atoms with Crippen LogP contribution in [0.15, 0.2) is 30.5 Å². The number of nitrogens with one attached hydrogen (secondary N) is 2. The van der Waals surface area contributed by atoms with Crippen molar-refractivity contribution >= 4 is 58.3 Å². The van der Waals surface area contributed by atoms with Gasteiger partial charge in [0.05, 0.1) is 91.2 Å². The number of aromatic nitrogens is 3. The van der Waals surface area contributed by atoms with Gasteiger partial charge in [-0.15, -0.1) is 11.8 Å². The quantitative estimate of drug-likeness (QED) is 0.0452. The van der Waals surface area contributed by atoms with E-state index in [1.165, 1.54) is 16.7 Å². The number of aliphatic carboxylic acids is 2. The molecule has 1 aromatic carbocycles. The number of nitrogens with two attached hydrogens (primary N) is 2. The van der Waals surface area contributed by atoms with E-state index in [1.54, 1.807) is 0 Å². The number of ether oxygens (including phenoxy) is 6. The molecule has 22 heteroatoms. The topological polar surface area (TPSA) is 277 Å². The number of carboxylic acid groups (broad SMARTS) is 2. The van der Waals surface area contributed by atoms with Crippen molar-refractivity contribution in [3.05, 3.63) is 47.2 Å². The summed E-state index contributed by atoms with van der Waals surface area (Å²) in [7, 11) is 0. The Morgan fingerprint density at radius 1 is 0.779 bits per heavy atom. The number of nitrogens with zero attached hydrogens (tertiary/aromatic N) is 5. The molecule has 8 N–H and O–H groups in total. The fourth-order valence-corrected chi connectivity index (χ4v) is 8.12. The highest BCUT2D eigenvalue weighted by Crippen LogP contribution is 2.25. The van der Waals surface area contributed by atoms with Crippen LogP contribution in [0.1, 0.15) is 55.7 Å². The van der Waals surface area contributed by atoms with Gasteiger partial charge in [-0.05, 0) is 36.1 Å². The van der Waals surface area contributed by atoms with Crippen LogP contribution in [0, 0.1) is 6.92 Å². The van der Waals surface area contributed by atoms with Crippen LogP contribution in [-0.2, 0) is 60.7 Å². The van der Waals surface area contributed by atoms with Crippen LogP contribution in [0.25, 0.3) is 11.0 Å². The summed E-state index contributed by atoms with van der Waals surface area (Å²) >= 11 is 0.814. The summed E-state index contributed by atoms with van der Waals surface area (Å²) in [5, 5.41) is 23.0. The summed E-state index contributed by atoms with van der Waals surface area (Å²) in [6, 6.07) is 7.47. The van der Waals surface area contributed by atoms with Crippen molar-refractivity contribution in [1.82, 2.24) is 29.7 Å². The zero-order chi connectivity index (χ0) is 48.9. The number of hydrogen-bond acceptors (Lipinski definition) is 17.